The maximum absolute atomic E-state index is 12.1. The van der Waals surface area contributed by atoms with Gasteiger partial charge in [0.15, 0.2) is 0 Å². The minimum absolute atomic E-state index is 0.0838. The molecule has 0 saturated heterocycles. The molecule has 1 aromatic rings. The van der Waals surface area contributed by atoms with E-state index in [0.717, 1.165) is 17.1 Å². The van der Waals surface area contributed by atoms with E-state index in [1.54, 1.807) is 18.4 Å². The van der Waals surface area contributed by atoms with E-state index in [1.165, 1.54) is 0 Å². The molecule has 1 aromatic heterocycles. The SMILES string of the molecule is CO[C@]1(C)C[C@@H](NC(=O)N[C@@H](C)c2csc(C)n2)C1(C)C. The van der Waals surface area contributed by atoms with Gasteiger partial charge in [-0.05, 0) is 27.2 Å². The minimum Gasteiger partial charge on any atom is -0.378 e. The molecule has 0 bridgehead atoms. The number of methoxy groups -OCH3 is 1. The van der Waals surface area contributed by atoms with Gasteiger partial charge in [0.05, 0.1) is 22.3 Å². The first-order valence-electron chi connectivity index (χ1n) is 7.24. The Morgan fingerprint density at radius 1 is 1.52 bits per heavy atom. The summed E-state index contributed by atoms with van der Waals surface area (Å²) in [4.78, 5) is 16.5. The first kappa shape index (κ1) is 16.2. The van der Waals surface area contributed by atoms with Gasteiger partial charge in [0.1, 0.15) is 0 Å². The molecular formula is C15H25N3O2S. The standard InChI is InChI=1S/C15H25N3O2S/c1-9(11-8-21-10(2)17-11)16-13(19)18-12-7-15(5,20-6)14(12,3)4/h8-9,12H,7H2,1-6H3,(H2,16,18,19)/t9-,12+,15+/m0/s1. The Balaban J connectivity index is 1.89. The van der Waals surface area contributed by atoms with E-state index >= 15 is 0 Å². The highest BCUT2D eigenvalue weighted by Crippen LogP contribution is 2.51. The average molecular weight is 311 g/mol. The Bertz CT molecular complexity index is 529. The highest BCUT2D eigenvalue weighted by atomic mass is 32.1. The molecular weight excluding hydrogens is 286 g/mol. The fourth-order valence-corrected chi connectivity index (χ4v) is 3.48. The molecule has 0 unspecified atom stereocenters. The van der Waals surface area contributed by atoms with Gasteiger partial charge in [-0.15, -0.1) is 11.3 Å². The van der Waals surface area contributed by atoms with Crippen LogP contribution in [0, 0.1) is 12.3 Å². The number of hydrogen-bond acceptors (Lipinski definition) is 4. The summed E-state index contributed by atoms with van der Waals surface area (Å²) in [5.74, 6) is 0. The third kappa shape index (κ3) is 2.92. The van der Waals surface area contributed by atoms with E-state index in [0.29, 0.717) is 0 Å². The Morgan fingerprint density at radius 3 is 2.67 bits per heavy atom. The lowest BCUT2D eigenvalue weighted by molar-refractivity contribution is -0.177. The number of aromatic nitrogens is 1. The van der Waals surface area contributed by atoms with Crippen LogP contribution in [0.1, 0.15) is 50.9 Å². The fraction of sp³-hybridized carbons (Fsp3) is 0.733. The molecule has 1 heterocycles. The maximum atomic E-state index is 12.1. The number of nitrogens with one attached hydrogen (secondary N) is 2. The molecule has 2 amide bonds. The lowest BCUT2D eigenvalue weighted by atomic mass is 9.56. The highest BCUT2D eigenvalue weighted by molar-refractivity contribution is 7.09. The zero-order valence-electron chi connectivity index (χ0n) is 13.6. The number of amides is 2. The highest BCUT2D eigenvalue weighted by Gasteiger charge is 2.58. The summed E-state index contributed by atoms with van der Waals surface area (Å²) < 4.78 is 5.57. The zero-order valence-corrected chi connectivity index (χ0v) is 14.4. The average Bonchev–Trinajstić information content (AvgIpc) is 2.84. The monoisotopic (exact) mass is 311 g/mol. The van der Waals surface area contributed by atoms with Crippen molar-refractivity contribution in [2.24, 2.45) is 5.41 Å². The van der Waals surface area contributed by atoms with Gasteiger partial charge in [0.25, 0.3) is 0 Å². The van der Waals surface area contributed by atoms with Gasteiger partial charge in [-0.1, -0.05) is 13.8 Å². The summed E-state index contributed by atoms with van der Waals surface area (Å²) in [6.45, 7) is 10.2. The van der Waals surface area contributed by atoms with Crippen LogP contribution in [0.2, 0.25) is 0 Å². The van der Waals surface area contributed by atoms with Gasteiger partial charge in [0.2, 0.25) is 0 Å². The molecule has 2 N–H and O–H groups in total. The fourth-order valence-electron chi connectivity index (χ4n) is 2.77. The molecule has 1 fully saturated rings. The Hall–Kier alpha value is -1.14. The predicted molar refractivity (Wildman–Crippen MR) is 84.5 cm³/mol. The van der Waals surface area contributed by atoms with Crippen LogP contribution in [-0.2, 0) is 4.74 Å². The number of urea groups is 1. The summed E-state index contributed by atoms with van der Waals surface area (Å²) in [7, 11) is 1.73. The number of hydrogen-bond donors (Lipinski definition) is 2. The second-order valence-corrected chi connectivity index (χ2v) is 7.61. The molecule has 0 aliphatic heterocycles. The molecule has 0 radical (unpaired) electrons. The zero-order chi connectivity index (χ0) is 15.8. The van der Waals surface area contributed by atoms with Crippen LogP contribution >= 0.6 is 11.3 Å². The normalized spacial score (nSPS) is 28.6. The number of carbonyl (C=O) groups is 1. The van der Waals surface area contributed by atoms with Gasteiger partial charge in [0, 0.05) is 23.9 Å². The quantitative estimate of drug-likeness (QED) is 0.898. The Kier molecular flexibility index (Phi) is 4.31. The van der Waals surface area contributed by atoms with Crippen molar-refractivity contribution in [1.82, 2.24) is 15.6 Å². The van der Waals surface area contributed by atoms with Crippen molar-refractivity contribution in [3.63, 3.8) is 0 Å². The van der Waals surface area contributed by atoms with Crippen molar-refractivity contribution in [1.29, 1.82) is 0 Å². The molecule has 1 aliphatic rings. The van der Waals surface area contributed by atoms with E-state index in [-0.39, 0.29) is 29.1 Å². The van der Waals surface area contributed by atoms with Gasteiger partial charge >= 0.3 is 6.03 Å². The lowest BCUT2D eigenvalue weighted by Gasteiger charge is -2.59. The molecule has 118 valence electrons. The number of rotatable bonds is 4. The van der Waals surface area contributed by atoms with Crippen LogP contribution in [0.5, 0.6) is 0 Å². The van der Waals surface area contributed by atoms with Crippen molar-refractivity contribution in [2.45, 2.75) is 58.7 Å². The summed E-state index contributed by atoms with van der Waals surface area (Å²) in [5, 5.41) is 8.99. The minimum atomic E-state index is -0.178. The van der Waals surface area contributed by atoms with Gasteiger partial charge in [-0.2, -0.15) is 0 Å². The molecule has 1 saturated carbocycles. The van der Waals surface area contributed by atoms with Crippen LogP contribution in [0.15, 0.2) is 5.38 Å². The van der Waals surface area contributed by atoms with Crippen molar-refractivity contribution in [3.05, 3.63) is 16.1 Å². The second kappa shape index (κ2) is 5.57. The first-order chi connectivity index (χ1) is 9.69. The van der Waals surface area contributed by atoms with Crippen molar-refractivity contribution < 1.29 is 9.53 Å². The Morgan fingerprint density at radius 2 is 2.19 bits per heavy atom. The van der Waals surface area contributed by atoms with E-state index < -0.39 is 0 Å². The van der Waals surface area contributed by atoms with Crippen LogP contribution < -0.4 is 10.6 Å². The number of aryl methyl sites for hydroxylation is 1. The molecule has 3 atom stereocenters. The van der Waals surface area contributed by atoms with Crippen LogP contribution in [0.4, 0.5) is 4.79 Å². The molecule has 1 aliphatic carbocycles. The molecule has 0 spiro atoms. The second-order valence-electron chi connectivity index (χ2n) is 6.54. The summed E-state index contributed by atoms with van der Waals surface area (Å²) in [5.41, 5.74) is 0.643. The summed E-state index contributed by atoms with van der Waals surface area (Å²) in [6, 6.07) is -0.122. The topological polar surface area (TPSA) is 63.2 Å². The first-order valence-corrected chi connectivity index (χ1v) is 8.12. The molecule has 0 aromatic carbocycles. The maximum Gasteiger partial charge on any atom is 0.315 e. The number of ether oxygens (including phenoxy) is 1. The smallest absolute Gasteiger partial charge is 0.315 e. The third-order valence-electron chi connectivity index (χ3n) is 5.01. The van der Waals surface area contributed by atoms with Gasteiger partial charge in [-0.25, -0.2) is 9.78 Å². The van der Waals surface area contributed by atoms with Gasteiger partial charge in [-0.3, -0.25) is 0 Å². The van der Waals surface area contributed by atoms with Crippen molar-refractivity contribution in [3.8, 4) is 0 Å². The van der Waals surface area contributed by atoms with Crippen molar-refractivity contribution >= 4 is 17.4 Å². The summed E-state index contributed by atoms with van der Waals surface area (Å²) in [6.07, 6.45) is 0.827. The molecule has 5 nitrogen and oxygen atoms in total. The van der Waals surface area contributed by atoms with Gasteiger partial charge < -0.3 is 15.4 Å². The predicted octanol–water partition coefficient (Wildman–Crippen LogP) is 3.02. The number of thiazole rings is 1. The third-order valence-corrected chi connectivity index (χ3v) is 5.80. The summed E-state index contributed by atoms with van der Waals surface area (Å²) >= 11 is 1.59. The van der Waals surface area contributed by atoms with E-state index in [1.807, 2.05) is 19.2 Å². The van der Waals surface area contributed by atoms with E-state index in [2.05, 4.69) is 36.4 Å². The van der Waals surface area contributed by atoms with E-state index in [9.17, 15) is 4.79 Å². The number of carbonyl (C=O) groups excluding carboxylic acids is 1. The van der Waals surface area contributed by atoms with Crippen LogP contribution in [0.25, 0.3) is 0 Å². The largest absolute Gasteiger partial charge is 0.378 e. The lowest BCUT2D eigenvalue weighted by Crippen LogP contribution is -2.69. The van der Waals surface area contributed by atoms with E-state index in [4.69, 9.17) is 4.74 Å². The van der Waals surface area contributed by atoms with Crippen LogP contribution in [-0.4, -0.2) is 29.8 Å². The number of nitrogens with zero attached hydrogens (tertiary/aromatic N) is 1. The van der Waals surface area contributed by atoms with Crippen molar-refractivity contribution in [2.75, 3.05) is 7.11 Å². The molecule has 21 heavy (non-hydrogen) atoms. The molecule has 2 rings (SSSR count). The Labute approximate surface area is 130 Å². The molecule has 6 heteroatoms. The van der Waals surface area contributed by atoms with Crippen LogP contribution in [0.3, 0.4) is 0 Å².